The van der Waals surface area contributed by atoms with E-state index in [4.69, 9.17) is 0 Å². The minimum atomic E-state index is 1.06. The molecule has 0 spiro atoms. The van der Waals surface area contributed by atoms with Crippen LogP contribution in [0.15, 0.2) is 24.4 Å². The maximum atomic E-state index is 2.21. The minimum Gasteiger partial charge on any atom is -0.291 e. The van der Waals surface area contributed by atoms with Crippen LogP contribution in [0.5, 0.6) is 0 Å². The van der Waals surface area contributed by atoms with Crippen molar-refractivity contribution in [2.75, 3.05) is 0 Å². The fourth-order valence-corrected chi connectivity index (χ4v) is 0.917. The maximum absolute atomic E-state index is 2.21. The summed E-state index contributed by atoms with van der Waals surface area (Å²) in [5, 5.41) is 0. The molecule has 1 heterocycles. The summed E-state index contributed by atoms with van der Waals surface area (Å²) < 4.78 is 2.21. The van der Waals surface area contributed by atoms with E-state index in [1.165, 1.54) is 5.69 Å². The molecule has 0 unspecified atom stereocenters. The highest BCUT2D eigenvalue weighted by molar-refractivity contribution is 6.22. The molecule has 0 fully saturated rings. The van der Waals surface area contributed by atoms with Gasteiger partial charge in [-0.3, -0.25) is 4.48 Å². The van der Waals surface area contributed by atoms with Crippen LogP contribution in [-0.2, 0) is 0 Å². The first-order chi connectivity index (χ1) is 4.34. The molecule has 0 aliphatic heterocycles. The fraction of sp³-hybridized carbons (Fsp3) is 0.286. The second kappa shape index (κ2) is 2.67. The van der Waals surface area contributed by atoms with Crippen LogP contribution >= 0.6 is 0 Å². The number of rotatable bonds is 1. The number of hydrogen-bond donors (Lipinski definition) is 0. The number of pyridine rings is 1. The van der Waals surface area contributed by atoms with Gasteiger partial charge in [-0.25, -0.2) is 0 Å². The summed E-state index contributed by atoms with van der Waals surface area (Å²) in [5.41, 5.74) is 1.32. The summed E-state index contributed by atoms with van der Waals surface area (Å²) >= 11 is 0. The summed E-state index contributed by atoms with van der Waals surface area (Å²) in [7, 11) is 1.06. The van der Waals surface area contributed by atoms with Crippen LogP contribution in [-0.4, -0.2) is 7.41 Å². The zero-order chi connectivity index (χ0) is 6.69. The number of aryl methyl sites for hydroxylation is 1. The van der Waals surface area contributed by atoms with Crippen LogP contribution in [0.4, 0.5) is 0 Å². The topological polar surface area (TPSA) is 3.88 Å². The molecule has 0 atom stereocenters. The predicted molar refractivity (Wildman–Crippen MR) is 39.8 cm³/mol. The van der Waals surface area contributed by atoms with Gasteiger partial charge in [0.25, 0.3) is 0 Å². The van der Waals surface area contributed by atoms with Crippen LogP contribution in [0.3, 0.4) is 0 Å². The van der Waals surface area contributed by atoms with Gasteiger partial charge in [-0.1, -0.05) is 6.07 Å². The van der Waals surface area contributed by atoms with Gasteiger partial charge in [-0.05, 0) is 12.9 Å². The van der Waals surface area contributed by atoms with Gasteiger partial charge in [0, 0.05) is 13.0 Å². The molecule has 0 aromatic carbocycles. The highest BCUT2D eigenvalue weighted by atomic mass is 14.8. The quantitative estimate of drug-likeness (QED) is 0.476. The van der Waals surface area contributed by atoms with E-state index in [0.717, 1.165) is 7.41 Å². The minimum absolute atomic E-state index is 1.06. The first-order valence-corrected chi connectivity index (χ1v) is 3.29. The number of nitrogens with zero attached hydrogens (tertiary/aromatic N) is 1. The average Bonchev–Trinajstić information content (AvgIpc) is 1.89. The Labute approximate surface area is 56.6 Å². The monoisotopic (exact) mass is 120 g/mol. The van der Waals surface area contributed by atoms with Gasteiger partial charge in [-0.15, -0.1) is 0 Å². The van der Waals surface area contributed by atoms with E-state index in [0.29, 0.717) is 0 Å². The van der Waals surface area contributed by atoms with E-state index in [1.807, 2.05) is 0 Å². The predicted octanol–water partition coefficient (Wildman–Crippen LogP) is 0.530. The van der Waals surface area contributed by atoms with Crippen molar-refractivity contribution in [2.45, 2.75) is 13.7 Å². The Morgan fingerprint density at radius 1 is 1.44 bits per heavy atom. The van der Waals surface area contributed by atoms with E-state index in [-0.39, 0.29) is 0 Å². The summed E-state index contributed by atoms with van der Waals surface area (Å²) in [5.74, 6) is 0. The Bertz CT molecular complexity index is 198. The maximum Gasteiger partial charge on any atom is 0.469 e. The molecular weight excluding hydrogens is 109 g/mol. The summed E-state index contributed by atoms with van der Waals surface area (Å²) in [6.07, 6.45) is 2.09. The van der Waals surface area contributed by atoms with Gasteiger partial charge < -0.3 is 0 Å². The summed E-state index contributed by atoms with van der Waals surface area (Å²) in [6.45, 7) is 4.26. The molecule has 0 N–H and O–H groups in total. The second-order valence-electron chi connectivity index (χ2n) is 2.13. The molecule has 0 saturated carbocycles. The van der Waals surface area contributed by atoms with Gasteiger partial charge in [0.2, 0.25) is 0 Å². The Morgan fingerprint density at radius 2 is 2.22 bits per heavy atom. The van der Waals surface area contributed by atoms with Gasteiger partial charge in [0.15, 0.2) is 5.69 Å². The Kier molecular flexibility index (Phi) is 1.88. The van der Waals surface area contributed by atoms with Crippen molar-refractivity contribution in [1.82, 2.24) is 0 Å². The van der Waals surface area contributed by atoms with Crippen molar-refractivity contribution < 1.29 is 4.48 Å². The van der Waals surface area contributed by atoms with E-state index < -0.39 is 0 Å². The van der Waals surface area contributed by atoms with Gasteiger partial charge in [0.05, 0.1) is 0 Å². The summed E-state index contributed by atoms with van der Waals surface area (Å²) in [6, 6.07) is 6.22. The summed E-state index contributed by atoms with van der Waals surface area (Å²) in [4.78, 5) is 0. The van der Waals surface area contributed by atoms with Crippen LogP contribution in [0.1, 0.15) is 5.69 Å². The smallest absolute Gasteiger partial charge is 0.291 e. The molecular formula is C7H11BN+. The van der Waals surface area contributed by atoms with E-state index in [1.54, 1.807) is 0 Å². The molecule has 0 saturated heterocycles. The van der Waals surface area contributed by atoms with Crippen molar-refractivity contribution in [2.24, 2.45) is 0 Å². The molecule has 1 aromatic rings. The van der Waals surface area contributed by atoms with E-state index >= 15 is 0 Å². The van der Waals surface area contributed by atoms with E-state index in [2.05, 4.69) is 42.6 Å². The molecule has 0 aliphatic carbocycles. The average molecular weight is 120 g/mol. The van der Waals surface area contributed by atoms with Crippen LogP contribution < -0.4 is 4.48 Å². The zero-order valence-corrected chi connectivity index (χ0v) is 5.96. The highest BCUT2D eigenvalue weighted by Gasteiger charge is 1.99. The third-order valence-electron chi connectivity index (χ3n) is 1.51. The molecule has 1 aromatic heterocycles. The molecule has 1 nitrogen and oxygen atoms in total. The van der Waals surface area contributed by atoms with Gasteiger partial charge in [-0.2, -0.15) is 0 Å². The Morgan fingerprint density at radius 3 is 2.67 bits per heavy atom. The fourth-order valence-electron chi connectivity index (χ4n) is 0.917. The van der Waals surface area contributed by atoms with Crippen LogP contribution in [0.25, 0.3) is 0 Å². The van der Waals surface area contributed by atoms with Crippen LogP contribution in [0, 0.1) is 6.92 Å². The van der Waals surface area contributed by atoms with Crippen molar-refractivity contribution in [3.8, 4) is 0 Å². The van der Waals surface area contributed by atoms with Crippen LogP contribution in [0.2, 0.25) is 6.82 Å². The SMILES string of the molecule is CB[n+]1ccccc1C. The lowest BCUT2D eigenvalue weighted by molar-refractivity contribution is -0.536. The Balaban J connectivity index is 3.01. The molecule has 0 amide bonds. The first kappa shape index (κ1) is 6.34. The highest BCUT2D eigenvalue weighted by Crippen LogP contribution is 1.84. The molecule has 9 heavy (non-hydrogen) atoms. The van der Waals surface area contributed by atoms with Crippen molar-refractivity contribution in [1.29, 1.82) is 0 Å². The third kappa shape index (κ3) is 1.32. The lowest BCUT2D eigenvalue weighted by Crippen LogP contribution is -2.40. The molecule has 46 valence electrons. The molecule has 0 aliphatic rings. The lowest BCUT2D eigenvalue weighted by Gasteiger charge is -1.92. The zero-order valence-electron chi connectivity index (χ0n) is 5.96. The largest absolute Gasteiger partial charge is 0.469 e. The van der Waals surface area contributed by atoms with E-state index in [9.17, 15) is 0 Å². The molecule has 1 rings (SSSR count). The van der Waals surface area contributed by atoms with Crippen molar-refractivity contribution in [3.63, 3.8) is 0 Å². The first-order valence-electron chi connectivity index (χ1n) is 3.29. The third-order valence-corrected chi connectivity index (χ3v) is 1.51. The standard InChI is InChI=1S/C7H11BN/c1-7-5-3-4-6-9(7)8-2/h3-6,8H,1-2H3/q+1. The molecule has 0 bridgehead atoms. The lowest BCUT2D eigenvalue weighted by atomic mass is 9.98. The number of hydrogen-bond acceptors (Lipinski definition) is 0. The molecule has 2 heteroatoms. The Hall–Kier alpha value is -0.785. The normalized spacial score (nSPS) is 9.11. The second-order valence-corrected chi connectivity index (χ2v) is 2.13. The number of aromatic nitrogens is 1. The van der Waals surface area contributed by atoms with Crippen molar-refractivity contribution in [3.05, 3.63) is 30.1 Å². The molecule has 0 radical (unpaired) electrons. The van der Waals surface area contributed by atoms with Gasteiger partial charge >= 0.3 is 7.41 Å². The van der Waals surface area contributed by atoms with Gasteiger partial charge in [0.1, 0.15) is 6.20 Å². The van der Waals surface area contributed by atoms with Crippen molar-refractivity contribution >= 4 is 7.41 Å².